The highest BCUT2D eigenvalue weighted by Gasteiger charge is 2.05. The summed E-state index contributed by atoms with van der Waals surface area (Å²) < 4.78 is 0. The predicted octanol–water partition coefficient (Wildman–Crippen LogP) is 3.64. The molecular weight excluding hydrogens is 234 g/mol. The molecule has 0 bridgehead atoms. The Morgan fingerprint density at radius 1 is 0.947 bits per heavy atom. The largest absolute Gasteiger partial charge is 0.249 e. The number of aryl methyl sites for hydroxylation is 1. The molecule has 3 heteroatoms. The molecule has 19 heavy (non-hydrogen) atoms. The third-order valence-corrected chi connectivity index (χ3v) is 3.03. The van der Waals surface area contributed by atoms with Gasteiger partial charge in [0, 0.05) is 17.3 Å². The van der Waals surface area contributed by atoms with Crippen LogP contribution in [0.5, 0.6) is 0 Å². The molecule has 0 N–H and O–H groups in total. The molecule has 0 atom stereocenters. The Bertz CT molecular complexity index is 707. The average Bonchev–Trinajstić information content (AvgIpc) is 2.47. The highest BCUT2D eigenvalue weighted by atomic mass is 14.9. The standard InChI is InChI=1S/C16H15N3/c1-2-6-13-8-5-10-15(18-13)16-17-11-12-7-3-4-9-14(12)19-16/h3-5,7-11H,2,6H2,1H3. The Hall–Kier alpha value is -2.29. The topological polar surface area (TPSA) is 38.7 Å². The van der Waals surface area contributed by atoms with Crippen molar-refractivity contribution < 1.29 is 0 Å². The summed E-state index contributed by atoms with van der Waals surface area (Å²) in [5, 5.41) is 1.05. The van der Waals surface area contributed by atoms with Gasteiger partial charge in [0.15, 0.2) is 5.82 Å². The molecule has 94 valence electrons. The third kappa shape index (κ3) is 2.45. The van der Waals surface area contributed by atoms with Gasteiger partial charge in [0.05, 0.1) is 5.52 Å². The molecule has 0 aliphatic carbocycles. The minimum absolute atomic E-state index is 0.691. The molecule has 3 rings (SSSR count). The number of hydrogen-bond acceptors (Lipinski definition) is 3. The van der Waals surface area contributed by atoms with E-state index < -0.39 is 0 Å². The lowest BCUT2D eigenvalue weighted by molar-refractivity contribution is 0.882. The van der Waals surface area contributed by atoms with E-state index in [1.165, 1.54) is 0 Å². The van der Waals surface area contributed by atoms with E-state index in [1.54, 1.807) is 0 Å². The first-order chi connectivity index (χ1) is 9.36. The summed E-state index contributed by atoms with van der Waals surface area (Å²) in [4.78, 5) is 13.6. The first-order valence-electron chi connectivity index (χ1n) is 6.55. The van der Waals surface area contributed by atoms with E-state index in [4.69, 9.17) is 0 Å². The lowest BCUT2D eigenvalue weighted by Crippen LogP contribution is -1.95. The third-order valence-electron chi connectivity index (χ3n) is 3.03. The number of benzene rings is 1. The molecule has 1 aromatic carbocycles. The van der Waals surface area contributed by atoms with E-state index in [0.29, 0.717) is 5.82 Å². The minimum atomic E-state index is 0.691. The maximum atomic E-state index is 4.61. The van der Waals surface area contributed by atoms with E-state index in [0.717, 1.165) is 35.1 Å². The van der Waals surface area contributed by atoms with E-state index >= 15 is 0 Å². The molecule has 0 spiro atoms. The maximum Gasteiger partial charge on any atom is 0.178 e. The van der Waals surface area contributed by atoms with Crippen molar-refractivity contribution in [1.29, 1.82) is 0 Å². The zero-order chi connectivity index (χ0) is 13.1. The predicted molar refractivity (Wildman–Crippen MR) is 76.8 cm³/mol. The van der Waals surface area contributed by atoms with Crippen LogP contribution in [0.4, 0.5) is 0 Å². The summed E-state index contributed by atoms with van der Waals surface area (Å²) in [6.45, 7) is 2.15. The summed E-state index contributed by atoms with van der Waals surface area (Å²) in [6.07, 6.45) is 3.93. The fourth-order valence-electron chi connectivity index (χ4n) is 2.10. The zero-order valence-electron chi connectivity index (χ0n) is 10.9. The number of pyridine rings is 1. The van der Waals surface area contributed by atoms with Crippen molar-refractivity contribution >= 4 is 10.9 Å². The van der Waals surface area contributed by atoms with Crippen LogP contribution in [0, 0.1) is 0 Å². The Kier molecular flexibility index (Phi) is 3.19. The van der Waals surface area contributed by atoms with Crippen LogP contribution in [-0.4, -0.2) is 15.0 Å². The molecule has 2 aromatic heterocycles. The van der Waals surface area contributed by atoms with Crippen molar-refractivity contribution in [2.24, 2.45) is 0 Å². The van der Waals surface area contributed by atoms with Crippen molar-refractivity contribution in [3.63, 3.8) is 0 Å². The second-order valence-corrected chi connectivity index (χ2v) is 4.52. The zero-order valence-corrected chi connectivity index (χ0v) is 10.9. The van der Waals surface area contributed by atoms with Crippen molar-refractivity contribution in [1.82, 2.24) is 15.0 Å². The summed E-state index contributed by atoms with van der Waals surface area (Å²) in [5.41, 5.74) is 2.89. The van der Waals surface area contributed by atoms with Gasteiger partial charge < -0.3 is 0 Å². The van der Waals surface area contributed by atoms with Gasteiger partial charge in [0.1, 0.15) is 5.69 Å². The number of hydrogen-bond donors (Lipinski definition) is 0. The van der Waals surface area contributed by atoms with Crippen molar-refractivity contribution in [3.05, 3.63) is 54.4 Å². The Labute approximate surface area is 112 Å². The lowest BCUT2D eigenvalue weighted by Gasteiger charge is -2.03. The summed E-state index contributed by atoms with van der Waals surface area (Å²) in [6, 6.07) is 14.0. The first kappa shape index (κ1) is 11.8. The van der Waals surface area contributed by atoms with Gasteiger partial charge in [-0.05, 0) is 24.6 Å². The summed E-state index contributed by atoms with van der Waals surface area (Å²) >= 11 is 0. The van der Waals surface area contributed by atoms with E-state index in [1.807, 2.05) is 48.7 Å². The van der Waals surface area contributed by atoms with E-state index in [2.05, 4.69) is 21.9 Å². The van der Waals surface area contributed by atoms with Crippen LogP contribution >= 0.6 is 0 Å². The van der Waals surface area contributed by atoms with Crippen LogP contribution in [0.1, 0.15) is 19.0 Å². The van der Waals surface area contributed by atoms with Crippen LogP contribution < -0.4 is 0 Å². The number of aromatic nitrogens is 3. The maximum absolute atomic E-state index is 4.61. The second-order valence-electron chi connectivity index (χ2n) is 4.52. The van der Waals surface area contributed by atoms with E-state index in [9.17, 15) is 0 Å². The van der Waals surface area contributed by atoms with Gasteiger partial charge in [-0.1, -0.05) is 37.6 Å². The fraction of sp³-hybridized carbons (Fsp3) is 0.188. The molecule has 0 aliphatic rings. The van der Waals surface area contributed by atoms with Crippen LogP contribution in [-0.2, 0) is 6.42 Å². The second kappa shape index (κ2) is 5.14. The highest BCUT2D eigenvalue weighted by molar-refractivity contribution is 5.78. The van der Waals surface area contributed by atoms with Crippen molar-refractivity contribution in [3.8, 4) is 11.5 Å². The molecule has 0 radical (unpaired) electrons. The van der Waals surface area contributed by atoms with Crippen LogP contribution in [0.15, 0.2) is 48.7 Å². The van der Waals surface area contributed by atoms with Gasteiger partial charge in [0.25, 0.3) is 0 Å². The fourth-order valence-corrected chi connectivity index (χ4v) is 2.10. The van der Waals surface area contributed by atoms with Crippen LogP contribution in [0.2, 0.25) is 0 Å². The van der Waals surface area contributed by atoms with Crippen molar-refractivity contribution in [2.75, 3.05) is 0 Å². The normalized spacial score (nSPS) is 10.8. The molecule has 0 aliphatic heterocycles. The number of para-hydroxylation sites is 1. The molecule has 2 heterocycles. The van der Waals surface area contributed by atoms with Gasteiger partial charge in [-0.15, -0.1) is 0 Å². The average molecular weight is 249 g/mol. The van der Waals surface area contributed by atoms with Crippen LogP contribution in [0.3, 0.4) is 0 Å². The highest BCUT2D eigenvalue weighted by Crippen LogP contribution is 2.17. The van der Waals surface area contributed by atoms with Crippen LogP contribution in [0.25, 0.3) is 22.4 Å². The molecular formula is C16H15N3. The number of nitrogens with zero attached hydrogens (tertiary/aromatic N) is 3. The SMILES string of the molecule is CCCc1cccc(-c2ncc3ccccc3n2)n1. The molecule has 0 amide bonds. The number of fused-ring (bicyclic) bond motifs is 1. The smallest absolute Gasteiger partial charge is 0.178 e. The number of rotatable bonds is 3. The molecule has 0 saturated heterocycles. The molecule has 0 fully saturated rings. The van der Waals surface area contributed by atoms with Gasteiger partial charge in [0.2, 0.25) is 0 Å². The van der Waals surface area contributed by atoms with Gasteiger partial charge in [-0.25, -0.2) is 15.0 Å². The molecule has 0 unspecified atom stereocenters. The quantitative estimate of drug-likeness (QED) is 0.711. The lowest BCUT2D eigenvalue weighted by atomic mass is 10.2. The van der Waals surface area contributed by atoms with Gasteiger partial charge in [-0.2, -0.15) is 0 Å². The molecule has 3 nitrogen and oxygen atoms in total. The Morgan fingerprint density at radius 3 is 2.74 bits per heavy atom. The first-order valence-corrected chi connectivity index (χ1v) is 6.55. The molecule has 0 saturated carbocycles. The molecule has 3 aromatic rings. The Morgan fingerprint density at radius 2 is 1.84 bits per heavy atom. The monoisotopic (exact) mass is 249 g/mol. The van der Waals surface area contributed by atoms with Gasteiger partial charge in [-0.3, -0.25) is 0 Å². The van der Waals surface area contributed by atoms with Crippen molar-refractivity contribution in [2.45, 2.75) is 19.8 Å². The Balaban J connectivity index is 2.05. The summed E-state index contributed by atoms with van der Waals surface area (Å²) in [5.74, 6) is 0.691. The summed E-state index contributed by atoms with van der Waals surface area (Å²) in [7, 11) is 0. The van der Waals surface area contributed by atoms with Gasteiger partial charge >= 0.3 is 0 Å². The van der Waals surface area contributed by atoms with E-state index in [-0.39, 0.29) is 0 Å². The minimum Gasteiger partial charge on any atom is -0.249 e.